The number of hydrogen-bond donors (Lipinski definition) is 2. The van der Waals surface area contributed by atoms with Crippen LogP contribution >= 0.6 is 0 Å². The van der Waals surface area contributed by atoms with Crippen molar-refractivity contribution in [1.29, 1.82) is 0 Å². The van der Waals surface area contributed by atoms with Crippen molar-refractivity contribution in [1.82, 2.24) is 0 Å². The summed E-state index contributed by atoms with van der Waals surface area (Å²) in [6, 6.07) is 13.5. The minimum atomic E-state index is -0.515. The monoisotopic (exact) mass is 299 g/mol. The molecule has 5 nitrogen and oxygen atoms in total. The van der Waals surface area contributed by atoms with Gasteiger partial charge in [0.1, 0.15) is 11.9 Å². The smallest absolute Gasteiger partial charge is 0.356 e. The van der Waals surface area contributed by atoms with Crippen LogP contribution in [-0.2, 0) is 9.63 Å². The number of nitrogens with one attached hydrogen (secondary N) is 1. The molecule has 0 heterocycles. The summed E-state index contributed by atoms with van der Waals surface area (Å²) in [4.78, 5) is 16.7. The molecular weight excluding hydrogens is 278 g/mol. The van der Waals surface area contributed by atoms with Crippen LogP contribution in [0, 0.1) is 0 Å². The van der Waals surface area contributed by atoms with E-state index in [4.69, 9.17) is 10.6 Å². The van der Waals surface area contributed by atoms with Gasteiger partial charge < -0.3 is 15.9 Å². The Kier molecular flexibility index (Phi) is 5.36. The highest BCUT2D eigenvalue weighted by molar-refractivity contribution is 5.87. The summed E-state index contributed by atoms with van der Waals surface area (Å²) in [7, 11) is 0. The summed E-state index contributed by atoms with van der Waals surface area (Å²) in [5.74, 6) is -0.138. The fourth-order valence-electron chi connectivity index (χ4n) is 2.07. The third kappa shape index (κ3) is 4.22. The van der Waals surface area contributed by atoms with E-state index in [2.05, 4.69) is 10.5 Å². The minimum absolute atomic E-state index is 0.328. The highest BCUT2D eigenvalue weighted by atomic mass is 16.7. The van der Waals surface area contributed by atoms with E-state index < -0.39 is 12.0 Å². The van der Waals surface area contributed by atoms with Gasteiger partial charge in [0, 0.05) is 12.1 Å². The Morgan fingerprint density at radius 3 is 2.73 bits per heavy atom. The molecule has 0 saturated carbocycles. The van der Waals surface area contributed by atoms with Crippen LogP contribution in [0.4, 0.5) is 5.69 Å². The van der Waals surface area contributed by atoms with Crippen LogP contribution in [0.15, 0.2) is 47.6 Å². The Morgan fingerprint density at radius 1 is 1.27 bits per heavy atom. The lowest BCUT2D eigenvalue weighted by Gasteiger charge is -2.13. The first-order chi connectivity index (χ1) is 10.6. The number of hydrogen-bond acceptors (Lipinski definition) is 4. The molecule has 0 saturated heterocycles. The number of carbonyl (C=O) groups excluding carboxylic acids is 1. The van der Waals surface area contributed by atoms with Crippen molar-refractivity contribution in [2.45, 2.75) is 32.7 Å². The molecule has 0 radical (unpaired) electrons. The van der Waals surface area contributed by atoms with Crippen LogP contribution in [0.2, 0.25) is 0 Å². The first-order valence-corrected chi connectivity index (χ1v) is 7.38. The van der Waals surface area contributed by atoms with Crippen molar-refractivity contribution in [3.05, 3.63) is 42.5 Å². The SMILES string of the molecule is CCC/C(N)=N\OC(=O)C(C)Nc1ccc2ccccc2c1. The number of fused-ring (bicyclic) bond motifs is 1. The molecule has 0 aliphatic rings. The molecule has 5 heteroatoms. The van der Waals surface area contributed by atoms with Crippen LogP contribution in [0.1, 0.15) is 26.7 Å². The van der Waals surface area contributed by atoms with Crippen molar-refractivity contribution in [2.75, 3.05) is 5.32 Å². The zero-order chi connectivity index (χ0) is 15.9. The van der Waals surface area contributed by atoms with Gasteiger partial charge in [-0.2, -0.15) is 0 Å². The molecule has 22 heavy (non-hydrogen) atoms. The van der Waals surface area contributed by atoms with Crippen LogP contribution in [0.5, 0.6) is 0 Å². The Hall–Kier alpha value is -2.56. The Labute approximate surface area is 130 Å². The number of nitrogens with zero attached hydrogens (tertiary/aromatic N) is 1. The maximum atomic E-state index is 11.9. The van der Waals surface area contributed by atoms with Gasteiger partial charge in [0.2, 0.25) is 0 Å². The van der Waals surface area contributed by atoms with E-state index in [1.165, 1.54) is 0 Å². The van der Waals surface area contributed by atoms with Crippen LogP contribution in [0.3, 0.4) is 0 Å². The van der Waals surface area contributed by atoms with E-state index in [1.54, 1.807) is 6.92 Å². The number of nitrogens with two attached hydrogens (primary N) is 1. The Bertz CT molecular complexity index is 682. The van der Waals surface area contributed by atoms with Gasteiger partial charge in [0.15, 0.2) is 0 Å². The van der Waals surface area contributed by atoms with Gasteiger partial charge in [-0.15, -0.1) is 0 Å². The summed E-state index contributed by atoms with van der Waals surface area (Å²) >= 11 is 0. The minimum Gasteiger partial charge on any atom is -0.384 e. The quantitative estimate of drug-likeness (QED) is 0.371. The molecule has 0 amide bonds. The molecule has 2 aromatic rings. The van der Waals surface area contributed by atoms with Gasteiger partial charge in [0.05, 0.1) is 0 Å². The highest BCUT2D eigenvalue weighted by Gasteiger charge is 2.14. The molecule has 0 aromatic heterocycles. The number of rotatable bonds is 6. The van der Waals surface area contributed by atoms with Crippen molar-refractivity contribution in [3.63, 3.8) is 0 Å². The lowest BCUT2D eigenvalue weighted by atomic mass is 10.1. The number of amidine groups is 1. The van der Waals surface area contributed by atoms with Gasteiger partial charge in [-0.3, -0.25) is 0 Å². The topological polar surface area (TPSA) is 76.7 Å². The average Bonchev–Trinajstić information content (AvgIpc) is 2.52. The third-order valence-corrected chi connectivity index (χ3v) is 3.25. The first kappa shape index (κ1) is 15.8. The van der Waals surface area contributed by atoms with Gasteiger partial charge in [-0.25, -0.2) is 4.79 Å². The zero-order valence-corrected chi connectivity index (χ0v) is 12.9. The number of oxime groups is 1. The normalized spacial score (nSPS) is 12.9. The maximum absolute atomic E-state index is 11.9. The predicted molar refractivity (Wildman–Crippen MR) is 89.7 cm³/mol. The van der Waals surface area contributed by atoms with E-state index in [-0.39, 0.29) is 0 Å². The lowest BCUT2D eigenvalue weighted by Crippen LogP contribution is -2.27. The van der Waals surface area contributed by atoms with E-state index in [0.29, 0.717) is 12.3 Å². The van der Waals surface area contributed by atoms with Gasteiger partial charge in [-0.1, -0.05) is 42.4 Å². The van der Waals surface area contributed by atoms with Gasteiger partial charge in [-0.05, 0) is 36.2 Å². The molecule has 3 N–H and O–H groups in total. The molecule has 1 atom stereocenters. The van der Waals surface area contributed by atoms with Gasteiger partial charge in [0.25, 0.3) is 0 Å². The number of carbonyl (C=O) groups is 1. The summed E-state index contributed by atoms with van der Waals surface area (Å²) in [5, 5.41) is 9.00. The largest absolute Gasteiger partial charge is 0.384 e. The molecule has 0 bridgehead atoms. The van der Waals surface area contributed by atoms with Crippen LogP contribution in [0.25, 0.3) is 10.8 Å². The summed E-state index contributed by atoms with van der Waals surface area (Å²) in [6.07, 6.45) is 1.47. The van der Waals surface area contributed by atoms with Crippen molar-refractivity contribution in [2.24, 2.45) is 10.9 Å². The van der Waals surface area contributed by atoms with Crippen molar-refractivity contribution in [3.8, 4) is 0 Å². The first-order valence-electron chi connectivity index (χ1n) is 7.38. The Morgan fingerprint density at radius 2 is 2.00 bits per heavy atom. The third-order valence-electron chi connectivity index (χ3n) is 3.25. The summed E-state index contributed by atoms with van der Waals surface area (Å²) in [6.45, 7) is 3.71. The molecule has 2 rings (SSSR count). The average molecular weight is 299 g/mol. The van der Waals surface area contributed by atoms with E-state index in [1.807, 2.05) is 49.4 Å². The zero-order valence-electron chi connectivity index (χ0n) is 12.9. The van der Waals surface area contributed by atoms with E-state index in [9.17, 15) is 4.79 Å². The van der Waals surface area contributed by atoms with Gasteiger partial charge >= 0.3 is 5.97 Å². The number of benzene rings is 2. The Balaban J connectivity index is 1.99. The van der Waals surface area contributed by atoms with Crippen molar-refractivity contribution < 1.29 is 9.63 Å². The lowest BCUT2D eigenvalue weighted by molar-refractivity contribution is -0.144. The fraction of sp³-hybridized carbons (Fsp3) is 0.294. The molecule has 0 spiro atoms. The second-order valence-electron chi connectivity index (χ2n) is 5.17. The second kappa shape index (κ2) is 7.45. The molecule has 0 fully saturated rings. The van der Waals surface area contributed by atoms with E-state index in [0.717, 1.165) is 22.9 Å². The fourth-order valence-corrected chi connectivity index (χ4v) is 2.07. The maximum Gasteiger partial charge on any atom is 0.356 e. The standard InChI is InChI=1S/C17H21N3O2/c1-3-6-16(18)20-22-17(21)12(2)19-15-10-9-13-7-4-5-8-14(13)11-15/h4-5,7-12,19H,3,6H2,1-2H3,(H2,18,20). The predicted octanol–water partition coefficient (Wildman–Crippen LogP) is 3.26. The van der Waals surface area contributed by atoms with Crippen molar-refractivity contribution >= 4 is 28.3 Å². The molecule has 116 valence electrons. The molecular formula is C17H21N3O2. The molecule has 1 unspecified atom stereocenters. The molecule has 0 aliphatic heterocycles. The van der Waals surface area contributed by atoms with E-state index >= 15 is 0 Å². The van der Waals surface area contributed by atoms with Crippen LogP contribution < -0.4 is 11.1 Å². The molecule has 2 aromatic carbocycles. The molecule has 0 aliphatic carbocycles. The highest BCUT2D eigenvalue weighted by Crippen LogP contribution is 2.19. The summed E-state index contributed by atoms with van der Waals surface area (Å²) in [5.41, 5.74) is 6.46. The van der Waals surface area contributed by atoms with Crippen LogP contribution in [-0.4, -0.2) is 17.8 Å². The second-order valence-corrected chi connectivity index (χ2v) is 5.17. The number of anilines is 1. The summed E-state index contributed by atoms with van der Waals surface area (Å²) < 4.78 is 0.